The standard InChI is InChI=1S/C14H12N2O4S/c1-21(18,19)16-9-6-7-11-12(13(9)14(15)17)8-4-2-3-5-10(8)20-11/h2-7,16H,1H3,(H2,15,17). The molecule has 0 fully saturated rings. The van der Waals surface area contributed by atoms with E-state index < -0.39 is 15.9 Å². The zero-order chi connectivity index (χ0) is 15.2. The van der Waals surface area contributed by atoms with E-state index in [0.29, 0.717) is 21.9 Å². The second kappa shape index (κ2) is 4.49. The van der Waals surface area contributed by atoms with Crippen LogP contribution in [0.15, 0.2) is 40.8 Å². The fourth-order valence-corrected chi connectivity index (χ4v) is 2.93. The van der Waals surface area contributed by atoms with Crippen LogP contribution in [0.3, 0.4) is 0 Å². The summed E-state index contributed by atoms with van der Waals surface area (Å²) >= 11 is 0. The summed E-state index contributed by atoms with van der Waals surface area (Å²) in [6.45, 7) is 0. The fourth-order valence-electron chi connectivity index (χ4n) is 2.36. The van der Waals surface area contributed by atoms with Crippen molar-refractivity contribution in [1.29, 1.82) is 0 Å². The predicted molar refractivity (Wildman–Crippen MR) is 80.7 cm³/mol. The van der Waals surface area contributed by atoms with Crippen molar-refractivity contribution in [3.05, 3.63) is 42.0 Å². The number of nitrogens with one attached hydrogen (secondary N) is 1. The Morgan fingerprint density at radius 3 is 2.52 bits per heavy atom. The van der Waals surface area contributed by atoms with E-state index in [1.165, 1.54) is 6.07 Å². The molecule has 0 unspecified atom stereocenters. The van der Waals surface area contributed by atoms with Crippen LogP contribution in [0.25, 0.3) is 21.9 Å². The summed E-state index contributed by atoms with van der Waals surface area (Å²) in [5.74, 6) is -0.724. The third-order valence-electron chi connectivity index (χ3n) is 3.09. The quantitative estimate of drug-likeness (QED) is 0.773. The molecular weight excluding hydrogens is 292 g/mol. The molecule has 0 spiro atoms. The first-order valence-corrected chi connectivity index (χ1v) is 7.98. The average molecular weight is 304 g/mol. The highest BCUT2D eigenvalue weighted by Gasteiger charge is 2.19. The summed E-state index contributed by atoms with van der Waals surface area (Å²) in [7, 11) is -3.53. The smallest absolute Gasteiger partial charge is 0.251 e. The maximum Gasteiger partial charge on any atom is 0.251 e. The fraction of sp³-hybridized carbons (Fsp3) is 0.0714. The number of fused-ring (bicyclic) bond motifs is 3. The molecule has 3 N–H and O–H groups in total. The minimum absolute atomic E-state index is 0.0999. The summed E-state index contributed by atoms with van der Waals surface area (Å²) < 4.78 is 30.8. The third kappa shape index (κ3) is 2.31. The van der Waals surface area contributed by atoms with E-state index in [0.717, 1.165) is 6.26 Å². The van der Waals surface area contributed by atoms with Crippen LogP contribution < -0.4 is 10.5 Å². The van der Waals surface area contributed by atoms with Gasteiger partial charge in [0.25, 0.3) is 5.91 Å². The van der Waals surface area contributed by atoms with Crippen LogP contribution in [0.5, 0.6) is 0 Å². The number of benzene rings is 2. The van der Waals surface area contributed by atoms with Gasteiger partial charge in [-0.05, 0) is 18.2 Å². The Kier molecular flexibility index (Phi) is 2.87. The van der Waals surface area contributed by atoms with Crippen molar-refractivity contribution >= 4 is 43.6 Å². The summed E-state index contributed by atoms with van der Waals surface area (Å²) in [6, 6.07) is 10.2. The minimum atomic E-state index is -3.53. The first kappa shape index (κ1) is 13.4. The summed E-state index contributed by atoms with van der Waals surface area (Å²) in [4.78, 5) is 11.8. The van der Waals surface area contributed by atoms with E-state index in [9.17, 15) is 13.2 Å². The maximum absolute atomic E-state index is 11.8. The molecule has 6 nitrogen and oxygen atoms in total. The zero-order valence-electron chi connectivity index (χ0n) is 11.1. The van der Waals surface area contributed by atoms with Crippen molar-refractivity contribution in [2.45, 2.75) is 0 Å². The molecule has 0 bridgehead atoms. The van der Waals surface area contributed by atoms with Crippen LogP contribution in [-0.4, -0.2) is 20.6 Å². The molecule has 3 rings (SSSR count). The average Bonchev–Trinajstić information content (AvgIpc) is 2.75. The number of carbonyl (C=O) groups excluding carboxylic acids is 1. The van der Waals surface area contributed by atoms with Gasteiger partial charge in [-0.2, -0.15) is 0 Å². The lowest BCUT2D eigenvalue weighted by Crippen LogP contribution is -2.17. The molecule has 7 heteroatoms. The highest BCUT2D eigenvalue weighted by molar-refractivity contribution is 7.92. The van der Waals surface area contributed by atoms with E-state index in [-0.39, 0.29) is 11.3 Å². The van der Waals surface area contributed by atoms with Crippen molar-refractivity contribution < 1.29 is 17.6 Å². The van der Waals surface area contributed by atoms with Gasteiger partial charge in [0, 0.05) is 10.8 Å². The Morgan fingerprint density at radius 1 is 1.14 bits per heavy atom. The van der Waals surface area contributed by atoms with E-state index in [4.69, 9.17) is 10.2 Å². The van der Waals surface area contributed by atoms with E-state index >= 15 is 0 Å². The lowest BCUT2D eigenvalue weighted by molar-refractivity contribution is 0.100. The molecule has 0 atom stereocenters. The van der Waals surface area contributed by atoms with Gasteiger partial charge >= 0.3 is 0 Å². The second-order valence-electron chi connectivity index (χ2n) is 4.70. The molecule has 1 amide bonds. The number of para-hydroxylation sites is 1. The van der Waals surface area contributed by atoms with Gasteiger partial charge in [0.05, 0.1) is 17.5 Å². The van der Waals surface area contributed by atoms with Crippen molar-refractivity contribution in [2.24, 2.45) is 5.73 Å². The number of anilines is 1. The van der Waals surface area contributed by atoms with Crippen LogP contribution in [0, 0.1) is 0 Å². The number of hydrogen-bond acceptors (Lipinski definition) is 4. The maximum atomic E-state index is 11.8. The molecule has 0 saturated carbocycles. The molecule has 1 aromatic heterocycles. The molecule has 3 aromatic rings. The molecule has 0 aliphatic carbocycles. The van der Waals surface area contributed by atoms with Crippen molar-refractivity contribution in [3.8, 4) is 0 Å². The number of primary amides is 1. The summed E-state index contributed by atoms with van der Waals surface area (Å²) in [5.41, 5.74) is 6.76. The van der Waals surface area contributed by atoms with E-state index in [1.54, 1.807) is 24.3 Å². The van der Waals surface area contributed by atoms with Crippen molar-refractivity contribution in [3.63, 3.8) is 0 Å². The molecule has 0 aliphatic heterocycles. The summed E-state index contributed by atoms with van der Waals surface area (Å²) in [6.07, 6.45) is 1.01. The van der Waals surface area contributed by atoms with Crippen LogP contribution in [0.1, 0.15) is 10.4 Å². The molecule has 0 aliphatic rings. The van der Waals surface area contributed by atoms with Gasteiger partial charge in [0.1, 0.15) is 11.2 Å². The van der Waals surface area contributed by atoms with Crippen LogP contribution in [-0.2, 0) is 10.0 Å². The van der Waals surface area contributed by atoms with Gasteiger partial charge in [-0.3, -0.25) is 9.52 Å². The van der Waals surface area contributed by atoms with E-state index in [2.05, 4.69) is 4.72 Å². The van der Waals surface area contributed by atoms with Crippen molar-refractivity contribution in [1.82, 2.24) is 0 Å². The lowest BCUT2D eigenvalue weighted by Gasteiger charge is -2.09. The van der Waals surface area contributed by atoms with Gasteiger partial charge in [-0.25, -0.2) is 8.42 Å². The van der Waals surface area contributed by atoms with Gasteiger partial charge in [0.2, 0.25) is 10.0 Å². The number of amides is 1. The number of carbonyl (C=O) groups is 1. The first-order valence-electron chi connectivity index (χ1n) is 6.08. The number of furan rings is 1. The monoisotopic (exact) mass is 304 g/mol. The molecule has 1 heterocycles. The molecule has 108 valence electrons. The van der Waals surface area contributed by atoms with Crippen molar-refractivity contribution in [2.75, 3.05) is 11.0 Å². The molecule has 21 heavy (non-hydrogen) atoms. The van der Waals surface area contributed by atoms with Crippen LogP contribution >= 0.6 is 0 Å². The molecule has 2 aromatic carbocycles. The van der Waals surface area contributed by atoms with Gasteiger partial charge in [-0.1, -0.05) is 18.2 Å². The number of nitrogens with two attached hydrogens (primary N) is 1. The van der Waals surface area contributed by atoms with Gasteiger partial charge in [-0.15, -0.1) is 0 Å². The number of hydrogen-bond donors (Lipinski definition) is 2. The van der Waals surface area contributed by atoms with Gasteiger partial charge < -0.3 is 10.2 Å². The topological polar surface area (TPSA) is 102 Å². The van der Waals surface area contributed by atoms with E-state index in [1.807, 2.05) is 6.07 Å². The number of sulfonamides is 1. The van der Waals surface area contributed by atoms with Gasteiger partial charge in [0.15, 0.2) is 0 Å². The molecular formula is C14H12N2O4S. The normalized spacial score (nSPS) is 11.9. The Labute approximate surface area is 120 Å². The SMILES string of the molecule is CS(=O)(=O)Nc1ccc2oc3ccccc3c2c1C(N)=O. The molecule has 0 radical (unpaired) electrons. The Bertz CT molecular complexity index is 973. The third-order valence-corrected chi connectivity index (χ3v) is 3.68. The minimum Gasteiger partial charge on any atom is -0.456 e. The van der Waals surface area contributed by atoms with Crippen LogP contribution in [0.4, 0.5) is 5.69 Å². The zero-order valence-corrected chi connectivity index (χ0v) is 11.9. The number of rotatable bonds is 3. The Morgan fingerprint density at radius 2 is 1.86 bits per heavy atom. The summed E-state index contributed by atoms with van der Waals surface area (Å²) in [5, 5.41) is 1.21. The Balaban J connectivity index is 2.43. The Hall–Kier alpha value is -2.54. The largest absolute Gasteiger partial charge is 0.456 e. The highest BCUT2D eigenvalue weighted by Crippen LogP contribution is 2.34. The lowest BCUT2D eigenvalue weighted by atomic mass is 10.0. The predicted octanol–water partition coefficient (Wildman–Crippen LogP) is 2.06. The first-order chi connectivity index (χ1) is 9.87. The van der Waals surface area contributed by atoms with Crippen LogP contribution in [0.2, 0.25) is 0 Å². The second-order valence-corrected chi connectivity index (χ2v) is 6.45. The molecule has 0 saturated heterocycles. The highest BCUT2D eigenvalue weighted by atomic mass is 32.2.